The lowest BCUT2D eigenvalue weighted by Crippen LogP contribution is -2.14. The van der Waals surface area contributed by atoms with Crippen molar-refractivity contribution in [1.82, 2.24) is 0 Å². The number of sulfonamides is 1. The topological polar surface area (TPSA) is 72.2 Å². The summed E-state index contributed by atoms with van der Waals surface area (Å²) in [4.78, 5) is 2.50. The molecule has 4 nitrogen and oxygen atoms in total. The zero-order valence-electron chi connectivity index (χ0n) is 9.88. The molecule has 0 unspecified atom stereocenters. The maximum atomic E-state index is 11.4. The molecule has 0 saturated heterocycles. The number of para-hydroxylation sites is 1. The van der Waals surface area contributed by atoms with Crippen molar-refractivity contribution < 1.29 is 8.42 Å². The molecule has 3 N–H and O–H groups in total. The van der Waals surface area contributed by atoms with Crippen molar-refractivity contribution in [3.05, 3.63) is 46.2 Å². The lowest BCUT2D eigenvalue weighted by molar-refractivity contribution is 0.598. The molecule has 1 aromatic heterocycles. The molecule has 0 aliphatic carbocycles. The first kappa shape index (κ1) is 13.1. The highest BCUT2D eigenvalue weighted by Gasteiger charge is 2.12. The van der Waals surface area contributed by atoms with Gasteiger partial charge < -0.3 is 5.32 Å². The third kappa shape index (κ3) is 3.10. The van der Waals surface area contributed by atoms with Crippen molar-refractivity contribution in [3.63, 3.8) is 0 Å². The fourth-order valence-electron chi connectivity index (χ4n) is 1.62. The minimum atomic E-state index is -3.69. The molecule has 6 heteroatoms. The van der Waals surface area contributed by atoms with Gasteiger partial charge >= 0.3 is 0 Å². The Morgan fingerprint density at radius 2 is 1.94 bits per heavy atom. The van der Waals surface area contributed by atoms with Crippen LogP contribution in [0, 0.1) is 6.92 Å². The summed E-state index contributed by atoms with van der Waals surface area (Å²) in [6, 6.07) is 10.7. The number of nitrogens with two attached hydrogens (primary N) is 1. The minimum Gasteiger partial charge on any atom is -0.379 e. The number of primary sulfonamides is 1. The highest BCUT2D eigenvalue weighted by molar-refractivity contribution is 7.89. The van der Waals surface area contributed by atoms with Crippen molar-refractivity contribution in [1.29, 1.82) is 0 Å². The fourth-order valence-corrected chi connectivity index (χ4v) is 3.17. The van der Waals surface area contributed by atoms with Crippen LogP contribution in [0.3, 0.4) is 0 Å². The molecule has 0 spiro atoms. The molecule has 1 heterocycles. The Kier molecular flexibility index (Phi) is 3.70. The van der Waals surface area contributed by atoms with Gasteiger partial charge in [-0.15, -0.1) is 11.3 Å². The molecule has 0 atom stereocenters. The second-order valence-electron chi connectivity index (χ2n) is 3.91. The van der Waals surface area contributed by atoms with Gasteiger partial charge in [-0.1, -0.05) is 12.1 Å². The van der Waals surface area contributed by atoms with Gasteiger partial charge in [0.2, 0.25) is 10.0 Å². The van der Waals surface area contributed by atoms with Crippen LogP contribution in [-0.4, -0.2) is 8.42 Å². The minimum absolute atomic E-state index is 0.123. The summed E-state index contributed by atoms with van der Waals surface area (Å²) in [6.07, 6.45) is 0. The molecular formula is C12H14N2O2S2. The predicted molar refractivity (Wildman–Crippen MR) is 74.2 cm³/mol. The predicted octanol–water partition coefficient (Wildman–Crippen LogP) is 2.32. The molecule has 0 aliphatic rings. The Morgan fingerprint density at radius 3 is 2.56 bits per heavy atom. The Hall–Kier alpha value is -1.37. The highest BCUT2D eigenvalue weighted by atomic mass is 32.2. The number of anilines is 1. The summed E-state index contributed by atoms with van der Waals surface area (Å²) >= 11 is 1.68. The molecule has 2 rings (SSSR count). The first-order chi connectivity index (χ1) is 8.47. The third-order valence-corrected chi connectivity index (χ3v) is 4.41. The van der Waals surface area contributed by atoms with Gasteiger partial charge in [0.1, 0.15) is 4.90 Å². The van der Waals surface area contributed by atoms with E-state index in [-0.39, 0.29) is 4.90 Å². The molecule has 0 fully saturated rings. The Labute approximate surface area is 111 Å². The van der Waals surface area contributed by atoms with Crippen LogP contribution in [0.1, 0.15) is 9.75 Å². The van der Waals surface area contributed by atoms with Gasteiger partial charge in [-0.3, -0.25) is 0 Å². The summed E-state index contributed by atoms with van der Waals surface area (Å²) in [5.74, 6) is 0. The Balaban J connectivity index is 2.20. The molecule has 0 radical (unpaired) electrons. The zero-order chi connectivity index (χ0) is 13.2. The number of hydrogen-bond acceptors (Lipinski definition) is 4. The normalized spacial score (nSPS) is 11.4. The second-order valence-corrected chi connectivity index (χ2v) is 6.81. The van der Waals surface area contributed by atoms with E-state index in [2.05, 4.69) is 5.32 Å². The van der Waals surface area contributed by atoms with E-state index in [1.54, 1.807) is 29.5 Å². The molecule has 0 aliphatic heterocycles. The van der Waals surface area contributed by atoms with Gasteiger partial charge in [0.15, 0.2) is 0 Å². The van der Waals surface area contributed by atoms with Gasteiger partial charge in [0.25, 0.3) is 0 Å². The van der Waals surface area contributed by atoms with Crippen molar-refractivity contribution in [2.24, 2.45) is 5.14 Å². The molecule has 1 aromatic carbocycles. The Bertz CT molecular complexity index is 648. The lowest BCUT2D eigenvalue weighted by Gasteiger charge is -2.09. The van der Waals surface area contributed by atoms with E-state index in [0.29, 0.717) is 12.2 Å². The highest BCUT2D eigenvalue weighted by Crippen LogP contribution is 2.22. The monoisotopic (exact) mass is 282 g/mol. The quantitative estimate of drug-likeness (QED) is 0.904. The van der Waals surface area contributed by atoms with E-state index in [9.17, 15) is 8.42 Å². The fraction of sp³-hybridized carbons (Fsp3) is 0.167. The summed E-state index contributed by atoms with van der Waals surface area (Å²) in [5.41, 5.74) is 0.533. The van der Waals surface area contributed by atoms with Gasteiger partial charge in [-0.25, -0.2) is 13.6 Å². The average molecular weight is 282 g/mol. The Morgan fingerprint density at radius 1 is 1.22 bits per heavy atom. The van der Waals surface area contributed by atoms with Crippen LogP contribution in [0.15, 0.2) is 41.3 Å². The zero-order valence-corrected chi connectivity index (χ0v) is 11.5. The van der Waals surface area contributed by atoms with E-state index in [1.165, 1.54) is 10.9 Å². The van der Waals surface area contributed by atoms with E-state index in [1.807, 2.05) is 19.1 Å². The molecule has 0 bridgehead atoms. The molecular weight excluding hydrogens is 268 g/mol. The van der Waals surface area contributed by atoms with E-state index < -0.39 is 10.0 Å². The van der Waals surface area contributed by atoms with Gasteiger partial charge in [-0.05, 0) is 31.2 Å². The molecule has 18 heavy (non-hydrogen) atoms. The molecule has 0 saturated carbocycles. The average Bonchev–Trinajstić information content (AvgIpc) is 2.72. The first-order valence-electron chi connectivity index (χ1n) is 5.38. The SMILES string of the molecule is Cc1ccc(CNc2ccccc2S(N)(=O)=O)s1. The van der Waals surface area contributed by atoms with Crippen LogP contribution in [-0.2, 0) is 16.6 Å². The second kappa shape index (κ2) is 5.09. The molecule has 2 aromatic rings. The van der Waals surface area contributed by atoms with Crippen LogP contribution >= 0.6 is 11.3 Å². The molecule has 0 amide bonds. The largest absolute Gasteiger partial charge is 0.379 e. The van der Waals surface area contributed by atoms with Crippen LogP contribution in [0.5, 0.6) is 0 Å². The maximum absolute atomic E-state index is 11.4. The maximum Gasteiger partial charge on any atom is 0.240 e. The smallest absolute Gasteiger partial charge is 0.240 e. The number of thiophene rings is 1. The van der Waals surface area contributed by atoms with Crippen molar-refractivity contribution >= 4 is 27.0 Å². The van der Waals surface area contributed by atoms with Crippen LogP contribution in [0.25, 0.3) is 0 Å². The van der Waals surface area contributed by atoms with Crippen molar-refractivity contribution in [2.45, 2.75) is 18.4 Å². The van der Waals surface area contributed by atoms with Crippen molar-refractivity contribution in [2.75, 3.05) is 5.32 Å². The standard InChI is InChI=1S/C12H14N2O2S2/c1-9-6-7-10(17-9)8-14-11-4-2-3-5-12(11)18(13,15)16/h2-7,14H,8H2,1H3,(H2,13,15,16). The van der Waals surface area contributed by atoms with E-state index in [4.69, 9.17) is 5.14 Å². The molecule has 96 valence electrons. The first-order valence-corrected chi connectivity index (χ1v) is 7.74. The summed E-state index contributed by atoms with van der Waals surface area (Å²) in [7, 11) is -3.69. The lowest BCUT2D eigenvalue weighted by atomic mass is 10.3. The number of rotatable bonds is 4. The van der Waals surface area contributed by atoms with Crippen LogP contribution in [0.4, 0.5) is 5.69 Å². The third-order valence-electron chi connectivity index (χ3n) is 2.44. The van der Waals surface area contributed by atoms with E-state index >= 15 is 0 Å². The van der Waals surface area contributed by atoms with Crippen LogP contribution < -0.4 is 10.5 Å². The van der Waals surface area contributed by atoms with Gasteiger partial charge in [0.05, 0.1) is 5.69 Å². The number of hydrogen-bond donors (Lipinski definition) is 2. The van der Waals surface area contributed by atoms with Crippen molar-refractivity contribution in [3.8, 4) is 0 Å². The number of aryl methyl sites for hydroxylation is 1. The van der Waals surface area contributed by atoms with Crippen LogP contribution in [0.2, 0.25) is 0 Å². The number of benzene rings is 1. The summed E-state index contributed by atoms with van der Waals surface area (Å²) in [5, 5.41) is 8.27. The van der Waals surface area contributed by atoms with E-state index in [0.717, 1.165) is 4.88 Å². The number of nitrogens with one attached hydrogen (secondary N) is 1. The summed E-state index contributed by atoms with van der Waals surface area (Å²) < 4.78 is 22.8. The summed E-state index contributed by atoms with van der Waals surface area (Å²) in [6.45, 7) is 2.62. The van der Waals surface area contributed by atoms with Gasteiger partial charge in [-0.2, -0.15) is 0 Å². The van der Waals surface area contributed by atoms with Gasteiger partial charge in [0, 0.05) is 16.3 Å².